The molecule has 0 aliphatic carbocycles. The van der Waals surface area contributed by atoms with Crippen molar-refractivity contribution in [2.45, 2.75) is 0 Å². The fourth-order valence-electron chi connectivity index (χ4n) is 2.52. The average Bonchev–Trinajstić information content (AvgIpc) is 2.95. The maximum atomic E-state index is 12.7. The Hall–Kier alpha value is -3.30. The van der Waals surface area contributed by atoms with E-state index in [1.807, 2.05) is 0 Å². The van der Waals surface area contributed by atoms with Crippen LogP contribution in [-0.2, 0) is 4.79 Å². The third kappa shape index (κ3) is 4.00. The number of hydrogen-bond acceptors (Lipinski definition) is 6. The molecule has 140 valence electrons. The molecule has 0 bridgehead atoms. The van der Waals surface area contributed by atoms with E-state index in [1.165, 1.54) is 41.3 Å². The minimum atomic E-state index is -1.10. The Bertz CT molecular complexity index is 1060. The van der Waals surface area contributed by atoms with Crippen LogP contribution in [-0.4, -0.2) is 26.2 Å². The van der Waals surface area contributed by atoms with Crippen molar-refractivity contribution in [3.8, 4) is 0 Å². The Balaban J connectivity index is 1.85. The van der Waals surface area contributed by atoms with Gasteiger partial charge in [-0.1, -0.05) is 48.3 Å². The first-order valence-electron chi connectivity index (χ1n) is 7.90. The first kappa shape index (κ1) is 19.5. The van der Waals surface area contributed by atoms with E-state index < -0.39 is 10.9 Å². The highest BCUT2D eigenvalue weighted by Crippen LogP contribution is 2.35. The second-order valence-corrected chi connectivity index (χ2v) is 7.25. The maximum Gasteiger partial charge on any atom is 0.335 e. The number of carbonyl (C=O) groups is 2. The number of carbonyl (C=O) groups excluding carboxylic acids is 1. The number of thiocarbonyl (C=S) groups is 1. The van der Waals surface area contributed by atoms with E-state index >= 15 is 0 Å². The lowest BCUT2D eigenvalue weighted by Gasteiger charge is -2.14. The Morgan fingerprint density at radius 1 is 1.21 bits per heavy atom. The van der Waals surface area contributed by atoms with Crippen molar-refractivity contribution in [3.63, 3.8) is 0 Å². The summed E-state index contributed by atoms with van der Waals surface area (Å²) in [5, 5.41) is 20.2. The summed E-state index contributed by atoms with van der Waals surface area (Å²) in [6.45, 7) is 0. The zero-order valence-electron chi connectivity index (χ0n) is 14.1. The molecule has 7 nitrogen and oxygen atoms in total. The zero-order chi connectivity index (χ0) is 20.3. The number of allylic oxidation sites excluding steroid dienone is 2. The van der Waals surface area contributed by atoms with Crippen LogP contribution in [0, 0.1) is 10.1 Å². The fraction of sp³-hybridized carbons (Fsp3) is 0. The molecule has 3 rings (SSSR count). The Labute approximate surface area is 169 Å². The van der Waals surface area contributed by atoms with Crippen molar-refractivity contribution < 1.29 is 19.6 Å². The van der Waals surface area contributed by atoms with Gasteiger partial charge in [0, 0.05) is 6.07 Å². The van der Waals surface area contributed by atoms with Crippen molar-refractivity contribution in [1.29, 1.82) is 0 Å². The molecule has 1 fully saturated rings. The molecule has 1 aliphatic rings. The van der Waals surface area contributed by atoms with E-state index in [4.69, 9.17) is 17.3 Å². The molecule has 1 amide bonds. The van der Waals surface area contributed by atoms with E-state index in [9.17, 15) is 19.7 Å². The number of aromatic carboxylic acids is 1. The molecule has 2 aromatic carbocycles. The van der Waals surface area contributed by atoms with Crippen LogP contribution in [0.15, 0.2) is 65.6 Å². The van der Waals surface area contributed by atoms with Crippen molar-refractivity contribution >= 4 is 57.6 Å². The molecule has 0 aromatic heterocycles. The van der Waals surface area contributed by atoms with Gasteiger partial charge >= 0.3 is 5.97 Å². The van der Waals surface area contributed by atoms with Crippen LogP contribution in [0.1, 0.15) is 15.9 Å². The van der Waals surface area contributed by atoms with E-state index in [-0.39, 0.29) is 21.5 Å². The topological polar surface area (TPSA) is 101 Å². The molecule has 28 heavy (non-hydrogen) atoms. The summed E-state index contributed by atoms with van der Waals surface area (Å²) in [5.41, 5.74) is 0.791. The van der Waals surface area contributed by atoms with Crippen molar-refractivity contribution in [2.24, 2.45) is 0 Å². The number of anilines is 1. The number of rotatable bonds is 5. The van der Waals surface area contributed by atoms with Crippen molar-refractivity contribution in [2.75, 3.05) is 4.90 Å². The number of para-hydroxylation sites is 1. The number of thioether (sulfide) groups is 1. The van der Waals surface area contributed by atoms with Crippen molar-refractivity contribution in [3.05, 3.63) is 86.8 Å². The first-order valence-corrected chi connectivity index (χ1v) is 9.12. The van der Waals surface area contributed by atoms with E-state index in [0.29, 0.717) is 16.2 Å². The van der Waals surface area contributed by atoms with Crippen LogP contribution in [0.3, 0.4) is 0 Å². The standard InChI is InChI=1S/C19H12N2O5S2/c22-17-16(10-4-6-12-5-1-2-9-15(12)21(25)26)28-19(27)20(17)14-8-3-7-13(11-14)18(23)24/h1-11H,(H,23,24)/b6-4+,16-10+. The Kier molecular flexibility index (Phi) is 5.67. The lowest BCUT2D eigenvalue weighted by molar-refractivity contribution is -0.385. The largest absolute Gasteiger partial charge is 0.478 e. The van der Waals surface area contributed by atoms with Gasteiger partial charge in [-0.3, -0.25) is 19.8 Å². The minimum absolute atomic E-state index is 0.0369. The van der Waals surface area contributed by atoms with Gasteiger partial charge in [0.25, 0.3) is 11.6 Å². The van der Waals surface area contributed by atoms with Crippen LogP contribution in [0.5, 0.6) is 0 Å². The third-order valence-electron chi connectivity index (χ3n) is 3.80. The smallest absolute Gasteiger partial charge is 0.335 e. The molecule has 9 heteroatoms. The average molecular weight is 412 g/mol. The highest BCUT2D eigenvalue weighted by Gasteiger charge is 2.33. The molecular formula is C19H12N2O5S2. The monoisotopic (exact) mass is 412 g/mol. The molecule has 0 spiro atoms. The number of carboxylic acid groups (broad SMARTS) is 1. The molecule has 0 unspecified atom stereocenters. The number of carboxylic acids is 1. The second-order valence-electron chi connectivity index (χ2n) is 5.57. The number of nitro groups is 1. The van der Waals surface area contributed by atoms with Gasteiger partial charge in [0.15, 0.2) is 4.32 Å². The molecule has 0 radical (unpaired) electrons. The number of hydrogen-bond donors (Lipinski definition) is 1. The summed E-state index contributed by atoms with van der Waals surface area (Å²) in [6.07, 6.45) is 4.61. The normalized spacial score (nSPS) is 15.6. The summed E-state index contributed by atoms with van der Waals surface area (Å²) >= 11 is 6.32. The van der Waals surface area contributed by atoms with Gasteiger partial charge in [0.1, 0.15) is 0 Å². The number of amides is 1. The molecule has 1 saturated heterocycles. The van der Waals surface area contributed by atoms with Crippen LogP contribution in [0.4, 0.5) is 11.4 Å². The first-order chi connectivity index (χ1) is 13.4. The van der Waals surface area contributed by atoms with Gasteiger partial charge in [-0.05, 0) is 36.4 Å². The van der Waals surface area contributed by atoms with Gasteiger partial charge in [0.2, 0.25) is 0 Å². The summed E-state index contributed by atoms with van der Waals surface area (Å²) in [4.78, 5) is 36.0. The van der Waals surface area contributed by atoms with Gasteiger partial charge < -0.3 is 5.11 Å². The van der Waals surface area contributed by atoms with Crippen LogP contribution in [0.25, 0.3) is 6.08 Å². The van der Waals surface area contributed by atoms with Gasteiger partial charge in [-0.15, -0.1) is 0 Å². The van der Waals surface area contributed by atoms with Gasteiger partial charge in [-0.2, -0.15) is 0 Å². The lowest BCUT2D eigenvalue weighted by atomic mass is 10.1. The van der Waals surface area contributed by atoms with Crippen LogP contribution < -0.4 is 4.90 Å². The van der Waals surface area contributed by atoms with Crippen LogP contribution >= 0.6 is 24.0 Å². The molecule has 0 atom stereocenters. The third-order valence-corrected chi connectivity index (χ3v) is 5.12. The molecule has 2 aromatic rings. The zero-order valence-corrected chi connectivity index (χ0v) is 15.8. The predicted octanol–water partition coefficient (Wildman–Crippen LogP) is 4.26. The van der Waals surface area contributed by atoms with E-state index in [2.05, 4.69) is 0 Å². The van der Waals surface area contributed by atoms with E-state index in [0.717, 1.165) is 11.8 Å². The van der Waals surface area contributed by atoms with Crippen LogP contribution in [0.2, 0.25) is 0 Å². The molecule has 1 aliphatic heterocycles. The molecule has 1 N–H and O–H groups in total. The predicted molar refractivity (Wildman–Crippen MR) is 111 cm³/mol. The quantitative estimate of drug-likeness (QED) is 0.339. The lowest BCUT2D eigenvalue weighted by Crippen LogP contribution is -2.27. The van der Waals surface area contributed by atoms with Crippen molar-refractivity contribution in [1.82, 2.24) is 0 Å². The number of nitrogens with zero attached hydrogens (tertiary/aromatic N) is 2. The highest BCUT2D eigenvalue weighted by atomic mass is 32.2. The second kappa shape index (κ2) is 8.15. The Morgan fingerprint density at radius 3 is 2.68 bits per heavy atom. The van der Waals surface area contributed by atoms with Gasteiger partial charge in [0.05, 0.1) is 26.6 Å². The van der Waals surface area contributed by atoms with E-state index in [1.54, 1.807) is 30.3 Å². The SMILES string of the molecule is O=C(O)c1cccc(N2C(=O)/C(=C\C=C\c3ccccc3[N+](=O)[O-])SC2=S)c1. The highest BCUT2D eigenvalue weighted by molar-refractivity contribution is 8.27. The number of nitro benzene ring substituents is 1. The molecular weight excluding hydrogens is 400 g/mol. The molecule has 1 heterocycles. The van der Waals surface area contributed by atoms with Gasteiger partial charge in [-0.25, -0.2) is 4.79 Å². The minimum Gasteiger partial charge on any atom is -0.478 e. The summed E-state index contributed by atoms with van der Waals surface area (Å²) in [6, 6.07) is 12.2. The summed E-state index contributed by atoms with van der Waals surface area (Å²) < 4.78 is 0.276. The fourth-order valence-corrected chi connectivity index (χ4v) is 3.77. The summed E-state index contributed by atoms with van der Waals surface area (Å²) in [5.74, 6) is -1.49. The number of benzene rings is 2. The Morgan fingerprint density at radius 2 is 1.96 bits per heavy atom. The maximum absolute atomic E-state index is 12.7. The molecule has 0 saturated carbocycles. The summed E-state index contributed by atoms with van der Waals surface area (Å²) in [7, 11) is 0.